The number of aryl methyl sites for hydroxylation is 1. The van der Waals surface area contributed by atoms with Crippen LogP contribution >= 0.6 is 23.4 Å². The van der Waals surface area contributed by atoms with E-state index in [9.17, 15) is 4.79 Å². The molecule has 1 aliphatic rings. The van der Waals surface area contributed by atoms with Crippen molar-refractivity contribution in [2.24, 2.45) is 0 Å². The molecule has 2 atom stereocenters. The van der Waals surface area contributed by atoms with Gasteiger partial charge in [-0.2, -0.15) is 0 Å². The van der Waals surface area contributed by atoms with Gasteiger partial charge in [0.05, 0.1) is 23.6 Å². The second-order valence-corrected chi connectivity index (χ2v) is 7.61. The van der Waals surface area contributed by atoms with E-state index in [0.717, 1.165) is 11.3 Å². The topological polar surface area (TPSA) is 60.2 Å². The molecule has 0 radical (unpaired) electrons. The molecule has 25 heavy (non-hydrogen) atoms. The Morgan fingerprint density at radius 3 is 2.76 bits per heavy atom. The summed E-state index contributed by atoms with van der Waals surface area (Å²) in [6.45, 7) is 7.19. The van der Waals surface area contributed by atoms with Gasteiger partial charge in [0.1, 0.15) is 6.33 Å². The lowest BCUT2D eigenvalue weighted by Gasteiger charge is -2.35. The number of amides is 1. The molecule has 1 saturated heterocycles. The maximum atomic E-state index is 12.5. The molecule has 2 unspecified atom stereocenters. The standard InChI is InChI=1S/C17H21ClN4O2S/c1-11-4-5-14(6-15(11)18)22-10-19-20-17(22)25-9-16(23)21-7-12(2)24-13(3)8-21/h4-6,10,12-13H,7-9H2,1-3H3. The van der Waals surface area contributed by atoms with Crippen molar-refractivity contribution >= 4 is 29.3 Å². The van der Waals surface area contributed by atoms with Crippen molar-refractivity contribution < 1.29 is 9.53 Å². The SMILES string of the molecule is Cc1ccc(-n2cnnc2SCC(=O)N2CC(C)OC(C)C2)cc1Cl. The molecule has 2 aromatic rings. The highest BCUT2D eigenvalue weighted by Gasteiger charge is 2.26. The summed E-state index contributed by atoms with van der Waals surface area (Å²) in [6.07, 6.45) is 1.76. The van der Waals surface area contributed by atoms with Gasteiger partial charge < -0.3 is 9.64 Å². The van der Waals surface area contributed by atoms with E-state index >= 15 is 0 Å². The predicted octanol–water partition coefficient (Wildman–Crippen LogP) is 2.96. The van der Waals surface area contributed by atoms with Crippen molar-refractivity contribution in [3.05, 3.63) is 35.1 Å². The van der Waals surface area contributed by atoms with Crippen LogP contribution in [0.5, 0.6) is 0 Å². The van der Waals surface area contributed by atoms with Gasteiger partial charge in [-0.25, -0.2) is 0 Å². The van der Waals surface area contributed by atoms with Crippen molar-refractivity contribution in [2.75, 3.05) is 18.8 Å². The number of thioether (sulfide) groups is 1. The largest absolute Gasteiger partial charge is 0.372 e. The lowest BCUT2D eigenvalue weighted by atomic mass is 10.2. The quantitative estimate of drug-likeness (QED) is 0.763. The van der Waals surface area contributed by atoms with Crippen molar-refractivity contribution in [3.8, 4) is 5.69 Å². The van der Waals surface area contributed by atoms with Crippen LogP contribution in [0.15, 0.2) is 29.7 Å². The molecule has 8 heteroatoms. The lowest BCUT2D eigenvalue weighted by Crippen LogP contribution is -2.48. The fourth-order valence-corrected chi connectivity index (χ4v) is 3.84. The first-order valence-corrected chi connectivity index (χ1v) is 9.53. The minimum absolute atomic E-state index is 0.0658. The third-order valence-corrected chi connectivity index (χ3v) is 5.38. The predicted molar refractivity (Wildman–Crippen MR) is 98.4 cm³/mol. The zero-order valence-electron chi connectivity index (χ0n) is 14.5. The zero-order valence-corrected chi connectivity index (χ0v) is 16.0. The van der Waals surface area contributed by atoms with Crippen LogP contribution in [-0.2, 0) is 9.53 Å². The Labute approximate surface area is 156 Å². The Kier molecular flexibility index (Phi) is 5.66. The van der Waals surface area contributed by atoms with Gasteiger partial charge in [0.2, 0.25) is 5.91 Å². The summed E-state index contributed by atoms with van der Waals surface area (Å²) in [5.74, 6) is 0.404. The molecule has 3 rings (SSSR count). The minimum Gasteiger partial charge on any atom is -0.372 e. The number of nitrogens with zero attached hydrogens (tertiary/aromatic N) is 4. The van der Waals surface area contributed by atoms with Crippen LogP contribution in [0.2, 0.25) is 5.02 Å². The average molecular weight is 381 g/mol. The number of benzene rings is 1. The fourth-order valence-electron chi connectivity index (χ4n) is 2.83. The van der Waals surface area contributed by atoms with Gasteiger partial charge in [0.25, 0.3) is 0 Å². The van der Waals surface area contributed by atoms with Gasteiger partial charge in [0, 0.05) is 18.1 Å². The van der Waals surface area contributed by atoms with Crippen LogP contribution in [0.3, 0.4) is 0 Å². The normalized spacial score (nSPS) is 20.7. The van der Waals surface area contributed by atoms with Gasteiger partial charge in [0.15, 0.2) is 5.16 Å². The van der Waals surface area contributed by atoms with Crippen molar-refractivity contribution in [2.45, 2.75) is 38.1 Å². The number of hydrogen-bond acceptors (Lipinski definition) is 5. The van der Waals surface area contributed by atoms with Gasteiger partial charge in [-0.05, 0) is 38.5 Å². The number of aromatic nitrogens is 3. The Bertz CT molecular complexity index is 757. The van der Waals surface area contributed by atoms with E-state index < -0.39 is 0 Å². The molecule has 134 valence electrons. The van der Waals surface area contributed by atoms with E-state index in [4.69, 9.17) is 16.3 Å². The molecule has 0 N–H and O–H groups in total. The van der Waals surface area contributed by atoms with Gasteiger partial charge in [-0.3, -0.25) is 9.36 Å². The van der Waals surface area contributed by atoms with Crippen LogP contribution in [0, 0.1) is 6.92 Å². The molecular formula is C17H21ClN4O2S. The first-order valence-electron chi connectivity index (χ1n) is 8.16. The summed E-state index contributed by atoms with van der Waals surface area (Å²) in [4.78, 5) is 14.4. The van der Waals surface area contributed by atoms with E-state index in [1.165, 1.54) is 11.8 Å². The summed E-state index contributed by atoms with van der Waals surface area (Å²) in [5.41, 5.74) is 1.89. The van der Waals surface area contributed by atoms with Gasteiger partial charge in [-0.1, -0.05) is 29.4 Å². The Morgan fingerprint density at radius 1 is 1.36 bits per heavy atom. The number of ether oxygens (including phenoxy) is 1. The highest BCUT2D eigenvalue weighted by Crippen LogP contribution is 2.24. The van der Waals surface area contributed by atoms with Gasteiger partial charge in [-0.15, -0.1) is 10.2 Å². The zero-order chi connectivity index (χ0) is 18.0. The number of carbonyl (C=O) groups is 1. The molecule has 1 amide bonds. The van der Waals surface area contributed by atoms with Crippen molar-refractivity contribution in [3.63, 3.8) is 0 Å². The monoisotopic (exact) mass is 380 g/mol. The molecule has 0 bridgehead atoms. The Morgan fingerprint density at radius 2 is 2.08 bits per heavy atom. The first kappa shape index (κ1) is 18.2. The number of carbonyl (C=O) groups excluding carboxylic acids is 1. The molecule has 1 aromatic heterocycles. The maximum absolute atomic E-state index is 12.5. The third-order valence-electron chi connectivity index (χ3n) is 4.05. The highest BCUT2D eigenvalue weighted by molar-refractivity contribution is 7.99. The number of hydrogen-bond donors (Lipinski definition) is 0. The van der Waals surface area contributed by atoms with Gasteiger partial charge >= 0.3 is 0 Å². The highest BCUT2D eigenvalue weighted by atomic mass is 35.5. The van der Waals surface area contributed by atoms with Crippen LogP contribution in [0.25, 0.3) is 5.69 Å². The third kappa shape index (κ3) is 4.34. The fraction of sp³-hybridized carbons (Fsp3) is 0.471. The summed E-state index contributed by atoms with van der Waals surface area (Å²) < 4.78 is 7.52. The minimum atomic E-state index is 0.0658. The molecule has 0 spiro atoms. The average Bonchev–Trinajstić information content (AvgIpc) is 3.02. The summed E-state index contributed by atoms with van der Waals surface area (Å²) in [7, 11) is 0. The van der Waals surface area contributed by atoms with E-state index in [1.807, 2.05) is 48.4 Å². The summed E-state index contributed by atoms with van der Waals surface area (Å²) in [6, 6.07) is 5.78. The summed E-state index contributed by atoms with van der Waals surface area (Å²) in [5, 5.41) is 9.46. The van der Waals surface area contributed by atoms with Crippen molar-refractivity contribution in [1.29, 1.82) is 0 Å². The van der Waals surface area contributed by atoms with Crippen molar-refractivity contribution in [1.82, 2.24) is 19.7 Å². The molecule has 0 aliphatic carbocycles. The van der Waals surface area contributed by atoms with E-state index in [1.54, 1.807) is 6.33 Å². The van der Waals surface area contributed by atoms with E-state index in [-0.39, 0.29) is 18.1 Å². The van der Waals surface area contributed by atoms with Crippen LogP contribution < -0.4 is 0 Å². The maximum Gasteiger partial charge on any atom is 0.233 e. The number of halogens is 1. The van der Waals surface area contributed by atoms with Crippen LogP contribution in [-0.4, -0.2) is 56.6 Å². The second kappa shape index (κ2) is 7.76. The molecule has 1 fully saturated rings. The summed E-state index contributed by atoms with van der Waals surface area (Å²) >= 11 is 7.58. The first-order chi connectivity index (χ1) is 11.9. The molecular weight excluding hydrogens is 360 g/mol. The van der Waals surface area contributed by atoms with E-state index in [0.29, 0.717) is 29.0 Å². The molecule has 6 nitrogen and oxygen atoms in total. The van der Waals surface area contributed by atoms with Crippen LogP contribution in [0.1, 0.15) is 19.4 Å². The molecule has 2 heterocycles. The Hall–Kier alpha value is -1.57. The molecule has 1 aromatic carbocycles. The lowest BCUT2D eigenvalue weighted by molar-refractivity contribution is -0.140. The van der Waals surface area contributed by atoms with E-state index in [2.05, 4.69) is 10.2 Å². The Balaban J connectivity index is 1.67. The molecule has 1 aliphatic heterocycles. The second-order valence-electron chi connectivity index (χ2n) is 6.26. The molecule has 0 saturated carbocycles. The number of rotatable bonds is 4. The smallest absolute Gasteiger partial charge is 0.233 e. The number of morpholine rings is 1. The van der Waals surface area contributed by atoms with Crippen LogP contribution in [0.4, 0.5) is 0 Å².